The average Bonchev–Trinajstić information content (AvgIpc) is 3.09. The number of hydrogen-bond acceptors (Lipinski definition) is 4. The Hall–Kier alpha value is -2.66. The van der Waals surface area contributed by atoms with Crippen molar-refractivity contribution in [3.05, 3.63) is 71.1 Å². The smallest absolute Gasteiger partial charge is 0.254 e. The van der Waals surface area contributed by atoms with E-state index in [4.69, 9.17) is 16.0 Å². The van der Waals surface area contributed by atoms with Gasteiger partial charge in [-0.05, 0) is 50.2 Å². The van der Waals surface area contributed by atoms with Crippen LogP contribution in [0.4, 0.5) is 0 Å². The Balaban J connectivity index is 1.79. The zero-order chi connectivity index (χ0) is 17.8. The summed E-state index contributed by atoms with van der Waals surface area (Å²) in [7, 11) is 0. The van der Waals surface area contributed by atoms with E-state index in [0.717, 1.165) is 5.56 Å². The molecular weight excluding hydrogens is 338 g/mol. The highest BCUT2D eigenvalue weighted by atomic mass is 35.5. The maximum absolute atomic E-state index is 12.7. The second-order valence-electron chi connectivity index (χ2n) is 5.90. The molecule has 25 heavy (non-hydrogen) atoms. The lowest BCUT2D eigenvalue weighted by Crippen LogP contribution is -2.36. The average molecular weight is 356 g/mol. The number of nitrogens with zero attached hydrogens (tertiary/aromatic N) is 3. The van der Waals surface area contributed by atoms with Crippen molar-refractivity contribution >= 4 is 17.5 Å². The third-order valence-corrected chi connectivity index (χ3v) is 4.02. The van der Waals surface area contributed by atoms with Gasteiger partial charge in [0.25, 0.3) is 5.91 Å². The van der Waals surface area contributed by atoms with Crippen LogP contribution >= 0.6 is 11.6 Å². The predicted molar refractivity (Wildman–Crippen MR) is 96.2 cm³/mol. The monoisotopic (exact) mass is 355 g/mol. The molecule has 0 bridgehead atoms. The Morgan fingerprint density at radius 2 is 1.76 bits per heavy atom. The third kappa shape index (κ3) is 4.06. The normalized spacial score (nSPS) is 10.9. The number of benzene rings is 2. The Labute approximate surface area is 151 Å². The van der Waals surface area contributed by atoms with Crippen LogP contribution in [-0.4, -0.2) is 27.0 Å². The van der Waals surface area contributed by atoms with Crippen molar-refractivity contribution in [1.29, 1.82) is 0 Å². The van der Waals surface area contributed by atoms with Crippen LogP contribution in [-0.2, 0) is 6.54 Å². The highest BCUT2D eigenvalue weighted by molar-refractivity contribution is 6.30. The summed E-state index contributed by atoms with van der Waals surface area (Å²) in [6.07, 6.45) is 0. The van der Waals surface area contributed by atoms with E-state index in [-0.39, 0.29) is 18.5 Å². The first-order chi connectivity index (χ1) is 12.0. The van der Waals surface area contributed by atoms with Gasteiger partial charge in [-0.25, -0.2) is 0 Å². The second kappa shape index (κ2) is 7.49. The molecule has 0 spiro atoms. The fraction of sp³-hybridized carbons (Fsp3) is 0.211. The molecule has 0 unspecified atom stereocenters. The fourth-order valence-corrected chi connectivity index (χ4v) is 2.53. The number of carbonyl (C=O) groups is 1. The summed E-state index contributed by atoms with van der Waals surface area (Å²) >= 11 is 5.89. The minimum Gasteiger partial charge on any atom is -0.419 e. The van der Waals surface area contributed by atoms with Gasteiger partial charge in [0.1, 0.15) is 0 Å². The van der Waals surface area contributed by atoms with Gasteiger partial charge in [0.15, 0.2) is 0 Å². The number of rotatable bonds is 5. The SMILES string of the molecule is CC(C)N(Cc1nnc(-c2ccc(Cl)cc2)o1)C(=O)c1ccccc1. The number of aromatic nitrogens is 2. The van der Waals surface area contributed by atoms with E-state index in [1.807, 2.05) is 44.2 Å². The summed E-state index contributed by atoms with van der Waals surface area (Å²) in [5.41, 5.74) is 1.42. The Morgan fingerprint density at radius 3 is 2.40 bits per heavy atom. The fourth-order valence-electron chi connectivity index (χ4n) is 2.41. The summed E-state index contributed by atoms with van der Waals surface area (Å²) < 4.78 is 5.72. The molecule has 0 aliphatic carbocycles. The summed E-state index contributed by atoms with van der Waals surface area (Å²) in [5, 5.41) is 8.77. The molecule has 6 heteroatoms. The molecule has 3 rings (SSSR count). The van der Waals surface area contributed by atoms with Crippen molar-refractivity contribution in [2.45, 2.75) is 26.4 Å². The molecule has 0 radical (unpaired) electrons. The molecule has 0 aliphatic heterocycles. The molecule has 3 aromatic rings. The zero-order valence-corrected chi connectivity index (χ0v) is 14.8. The number of hydrogen-bond donors (Lipinski definition) is 0. The number of halogens is 1. The summed E-state index contributed by atoms with van der Waals surface area (Å²) in [6.45, 7) is 4.17. The van der Waals surface area contributed by atoms with Crippen LogP contribution in [0.5, 0.6) is 0 Å². The first kappa shape index (κ1) is 17.2. The van der Waals surface area contributed by atoms with Gasteiger partial charge in [-0.3, -0.25) is 4.79 Å². The first-order valence-corrected chi connectivity index (χ1v) is 8.36. The maximum Gasteiger partial charge on any atom is 0.254 e. The van der Waals surface area contributed by atoms with Crippen LogP contribution in [0.15, 0.2) is 59.0 Å². The van der Waals surface area contributed by atoms with Crippen molar-refractivity contribution in [3.63, 3.8) is 0 Å². The van der Waals surface area contributed by atoms with Crippen LogP contribution in [0.3, 0.4) is 0 Å². The highest BCUT2D eigenvalue weighted by Crippen LogP contribution is 2.21. The van der Waals surface area contributed by atoms with Crippen LogP contribution in [0.25, 0.3) is 11.5 Å². The van der Waals surface area contributed by atoms with Crippen molar-refractivity contribution < 1.29 is 9.21 Å². The van der Waals surface area contributed by atoms with Gasteiger partial charge in [-0.2, -0.15) is 0 Å². The highest BCUT2D eigenvalue weighted by Gasteiger charge is 2.21. The van der Waals surface area contributed by atoms with Crippen LogP contribution in [0.1, 0.15) is 30.1 Å². The first-order valence-electron chi connectivity index (χ1n) is 7.99. The van der Waals surface area contributed by atoms with Gasteiger partial charge < -0.3 is 9.32 Å². The second-order valence-corrected chi connectivity index (χ2v) is 6.34. The van der Waals surface area contributed by atoms with E-state index in [0.29, 0.717) is 22.4 Å². The quantitative estimate of drug-likeness (QED) is 0.678. The van der Waals surface area contributed by atoms with Crippen LogP contribution < -0.4 is 0 Å². The lowest BCUT2D eigenvalue weighted by molar-refractivity contribution is 0.0672. The molecule has 128 valence electrons. The molecular formula is C19H18ClN3O2. The van der Waals surface area contributed by atoms with E-state index in [9.17, 15) is 4.79 Å². The maximum atomic E-state index is 12.7. The van der Waals surface area contributed by atoms with Crippen LogP contribution in [0, 0.1) is 0 Å². The molecule has 0 fully saturated rings. The standard InChI is InChI=1S/C19H18ClN3O2/c1-13(2)23(19(24)15-6-4-3-5-7-15)12-17-21-22-18(25-17)14-8-10-16(20)11-9-14/h3-11,13H,12H2,1-2H3. The minimum absolute atomic E-state index is 0.00131. The number of carbonyl (C=O) groups excluding carboxylic acids is 1. The molecule has 5 nitrogen and oxygen atoms in total. The topological polar surface area (TPSA) is 59.2 Å². The Morgan fingerprint density at radius 1 is 1.08 bits per heavy atom. The van der Waals surface area contributed by atoms with Gasteiger partial charge in [-0.1, -0.05) is 29.8 Å². The largest absolute Gasteiger partial charge is 0.419 e. The van der Waals surface area contributed by atoms with Gasteiger partial charge >= 0.3 is 0 Å². The summed E-state index contributed by atoms with van der Waals surface area (Å²) in [5.74, 6) is 0.729. The van der Waals surface area contributed by atoms with Gasteiger partial charge in [0, 0.05) is 22.2 Å². The summed E-state index contributed by atoms with van der Waals surface area (Å²) in [4.78, 5) is 14.4. The molecule has 1 heterocycles. The van der Waals surface area contributed by atoms with E-state index >= 15 is 0 Å². The molecule has 0 saturated heterocycles. The molecule has 1 amide bonds. The summed E-state index contributed by atoms with van der Waals surface area (Å²) in [6, 6.07) is 16.3. The van der Waals surface area contributed by atoms with E-state index in [2.05, 4.69) is 10.2 Å². The molecule has 1 aromatic heterocycles. The number of amides is 1. The Bertz CT molecular complexity index is 845. The molecule has 2 aromatic carbocycles. The van der Waals surface area contributed by atoms with Gasteiger partial charge in [-0.15, -0.1) is 10.2 Å². The molecule has 0 N–H and O–H groups in total. The van der Waals surface area contributed by atoms with E-state index < -0.39 is 0 Å². The van der Waals surface area contributed by atoms with Gasteiger partial charge in [0.2, 0.25) is 11.8 Å². The lowest BCUT2D eigenvalue weighted by atomic mass is 10.1. The molecule has 0 aliphatic rings. The van der Waals surface area contributed by atoms with Crippen molar-refractivity contribution in [2.24, 2.45) is 0 Å². The van der Waals surface area contributed by atoms with Crippen LogP contribution in [0.2, 0.25) is 5.02 Å². The lowest BCUT2D eigenvalue weighted by Gasteiger charge is -2.25. The van der Waals surface area contributed by atoms with Gasteiger partial charge in [0.05, 0.1) is 6.54 Å². The van der Waals surface area contributed by atoms with Crippen molar-refractivity contribution in [1.82, 2.24) is 15.1 Å². The predicted octanol–water partition coefficient (Wildman–Crippen LogP) is 4.44. The molecule has 0 atom stereocenters. The minimum atomic E-state index is -0.0677. The van der Waals surface area contributed by atoms with E-state index in [1.165, 1.54) is 0 Å². The Kier molecular flexibility index (Phi) is 5.14. The van der Waals surface area contributed by atoms with E-state index in [1.54, 1.807) is 29.2 Å². The third-order valence-electron chi connectivity index (χ3n) is 3.77. The zero-order valence-electron chi connectivity index (χ0n) is 14.0. The van der Waals surface area contributed by atoms with Crippen molar-refractivity contribution in [2.75, 3.05) is 0 Å². The van der Waals surface area contributed by atoms with Crippen molar-refractivity contribution in [3.8, 4) is 11.5 Å². The molecule has 0 saturated carbocycles.